The molecule has 3 nitrogen and oxygen atoms in total. The minimum absolute atomic E-state index is 0.00768. The van der Waals surface area contributed by atoms with Crippen molar-refractivity contribution in [3.63, 3.8) is 0 Å². The van der Waals surface area contributed by atoms with Gasteiger partial charge in [-0.05, 0) is 29.0 Å². The monoisotopic (exact) mass is 357 g/mol. The van der Waals surface area contributed by atoms with Gasteiger partial charge in [-0.3, -0.25) is 4.79 Å². The number of fused-ring (bicyclic) bond motifs is 1. The van der Waals surface area contributed by atoms with Crippen LogP contribution in [0.15, 0.2) is 47.2 Å². The Morgan fingerprint density at radius 2 is 2.04 bits per heavy atom. The minimum atomic E-state index is -0.826. The molecule has 1 aromatic carbocycles. The molecule has 0 aliphatic rings. The van der Waals surface area contributed by atoms with Crippen LogP contribution in [-0.2, 0) is 11.2 Å². The van der Waals surface area contributed by atoms with Crippen LogP contribution in [0.4, 0.5) is 0 Å². The average molecular weight is 357 g/mol. The smallest absolute Gasteiger partial charge is 0.308 e. The number of benzene rings is 1. The number of carboxylic acid groups (broad SMARTS) is 1. The van der Waals surface area contributed by atoms with Gasteiger partial charge in [-0.25, -0.2) is 4.98 Å². The van der Waals surface area contributed by atoms with E-state index in [1.807, 2.05) is 29.0 Å². The van der Waals surface area contributed by atoms with E-state index in [0.717, 1.165) is 26.0 Å². The number of hydrogen-bond acceptors (Lipinski definition) is 5. The van der Waals surface area contributed by atoms with Gasteiger partial charge in [0.2, 0.25) is 0 Å². The van der Waals surface area contributed by atoms with Crippen LogP contribution in [-0.4, -0.2) is 16.1 Å². The maximum atomic E-state index is 11.2. The topological polar surface area (TPSA) is 50.2 Å². The van der Waals surface area contributed by atoms with Crippen molar-refractivity contribution in [2.45, 2.75) is 6.42 Å². The van der Waals surface area contributed by atoms with E-state index in [1.165, 1.54) is 21.4 Å². The number of thiazole rings is 1. The van der Waals surface area contributed by atoms with Crippen molar-refractivity contribution >= 4 is 50.1 Å². The van der Waals surface area contributed by atoms with E-state index < -0.39 is 5.97 Å². The van der Waals surface area contributed by atoms with E-state index >= 15 is 0 Å². The number of aliphatic carboxylic acids is 1. The van der Waals surface area contributed by atoms with E-state index in [-0.39, 0.29) is 6.42 Å². The van der Waals surface area contributed by atoms with Gasteiger partial charge in [0.05, 0.1) is 17.0 Å². The molecular formula is C17H11NO2S3. The second-order valence-corrected chi connectivity index (χ2v) is 7.97. The minimum Gasteiger partial charge on any atom is -0.481 e. The summed E-state index contributed by atoms with van der Waals surface area (Å²) >= 11 is 4.76. The summed E-state index contributed by atoms with van der Waals surface area (Å²) < 4.78 is 1.22. The SMILES string of the molecule is O=C(O)Cc1sc(-c2cc3ccccc3s2)nc1-c1ccsc1. The number of carboxylic acids is 1. The Morgan fingerprint density at radius 1 is 1.17 bits per heavy atom. The predicted molar refractivity (Wildman–Crippen MR) is 97.6 cm³/mol. The zero-order chi connectivity index (χ0) is 15.8. The lowest BCUT2D eigenvalue weighted by molar-refractivity contribution is -0.136. The van der Waals surface area contributed by atoms with Gasteiger partial charge >= 0.3 is 5.97 Å². The van der Waals surface area contributed by atoms with Gasteiger partial charge in [0.25, 0.3) is 0 Å². The first kappa shape index (κ1) is 14.6. The Labute approximate surface area is 144 Å². The van der Waals surface area contributed by atoms with Gasteiger partial charge in [0.1, 0.15) is 5.01 Å². The fourth-order valence-corrected chi connectivity index (χ4v) is 5.25. The summed E-state index contributed by atoms with van der Waals surface area (Å²) in [6.07, 6.45) is 0.00768. The summed E-state index contributed by atoms with van der Waals surface area (Å²) in [5.41, 5.74) is 1.79. The molecule has 0 aliphatic carbocycles. The normalized spacial score (nSPS) is 11.1. The predicted octanol–water partition coefficient (Wildman–Crippen LogP) is 5.38. The molecule has 0 spiro atoms. The molecule has 0 aliphatic heterocycles. The summed E-state index contributed by atoms with van der Waals surface area (Å²) in [5.74, 6) is -0.826. The number of carbonyl (C=O) groups is 1. The zero-order valence-corrected chi connectivity index (χ0v) is 14.3. The molecule has 0 unspecified atom stereocenters. The summed E-state index contributed by atoms with van der Waals surface area (Å²) in [5, 5.41) is 15.2. The molecule has 23 heavy (non-hydrogen) atoms. The van der Waals surface area contributed by atoms with E-state index in [1.54, 1.807) is 22.7 Å². The van der Waals surface area contributed by atoms with Crippen molar-refractivity contribution in [2.24, 2.45) is 0 Å². The molecule has 114 valence electrons. The molecule has 6 heteroatoms. The van der Waals surface area contributed by atoms with Crippen LogP contribution < -0.4 is 0 Å². The third-order valence-corrected chi connectivity index (χ3v) is 6.46. The Morgan fingerprint density at radius 3 is 2.78 bits per heavy atom. The second-order valence-electron chi connectivity index (χ2n) is 5.02. The lowest BCUT2D eigenvalue weighted by Gasteiger charge is -1.95. The highest BCUT2D eigenvalue weighted by Crippen LogP contribution is 2.39. The molecule has 0 atom stereocenters. The van der Waals surface area contributed by atoms with Crippen LogP contribution in [0.2, 0.25) is 0 Å². The molecule has 0 saturated heterocycles. The first-order chi connectivity index (χ1) is 11.2. The molecule has 0 radical (unpaired) electrons. The van der Waals surface area contributed by atoms with Crippen LogP contribution in [0.5, 0.6) is 0 Å². The molecule has 4 aromatic rings. The molecular weight excluding hydrogens is 346 g/mol. The highest BCUT2D eigenvalue weighted by atomic mass is 32.1. The van der Waals surface area contributed by atoms with E-state index in [2.05, 4.69) is 18.2 Å². The van der Waals surface area contributed by atoms with Crippen molar-refractivity contribution in [3.05, 3.63) is 52.0 Å². The molecule has 0 saturated carbocycles. The number of hydrogen-bond donors (Lipinski definition) is 1. The quantitative estimate of drug-likeness (QED) is 0.533. The maximum absolute atomic E-state index is 11.2. The van der Waals surface area contributed by atoms with Crippen LogP contribution >= 0.6 is 34.0 Å². The lowest BCUT2D eigenvalue weighted by atomic mass is 10.2. The molecule has 1 N–H and O–H groups in total. The van der Waals surface area contributed by atoms with E-state index in [0.29, 0.717) is 0 Å². The van der Waals surface area contributed by atoms with Crippen LogP contribution in [0, 0.1) is 0 Å². The fourth-order valence-electron chi connectivity index (χ4n) is 2.43. The molecule has 3 aromatic heterocycles. The van der Waals surface area contributed by atoms with Gasteiger partial charge in [-0.2, -0.15) is 11.3 Å². The van der Waals surface area contributed by atoms with E-state index in [4.69, 9.17) is 10.1 Å². The Balaban J connectivity index is 1.84. The molecule has 0 fully saturated rings. The zero-order valence-electron chi connectivity index (χ0n) is 11.9. The highest BCUT2D eigenvalue weighted by Gasteiger charge is 2.18. The third kappa shape index (κ3) is 2.81. The second kappa shape index (κ2) is 5.88. The first-order valence-corrected chi connectivity index (χ1v) is 9.51. The van der Waals surface area contributed by atoms with Gasteiger partial charge in [0, 0.05) is 20.5 Å². The van der Waals surface area contributed by atoms with Crippen molar-refractivity contribution < 1.29 is 9.90 Å². The van der Waals surface area contributed by atoms with Crippen LogP contribution in [0.3, 0.4) is 0 Å². The molecule has 0 amide bonds. The number of aromatic nitrogens is 1. The Hall–Kier alpha value is -2.02. The third-order valence-electron chi connectivity index (χ3n) is 3.44. The largest absolute Gasteiger partial charge is 0.481 e. The van der Waals surface area contributed by atoms with Crippen molar-refractivity contribution in [1.82, 2.24) is 4.98 Å². The Bertz CT molecular complexity index is 950. The maximum Gasteiger partial charge on any atom is 0.308 e. The summed E-state index contributed by atoms with van der Waals surface area (Å²) in [6.45, 7) is 0. The fraction of sp³-hybridized carbons (Fsp3) is 0.0588. The number of thiophene rings is 2. The summed E-state index contributed by atoms with van der Waals surface area (Å²) in [6, 6.07) is 12.3. The van der Waals surface area contributed by atoms with Gasteiger partial charge in [-0.15, -0.1) is 22.7 Å². The highest BCUT2D eigenvalue weighted by molar-refractivity contribution is 7.26. The molecule has 0 bridgehead atoms. The standard InChI is InChI=1S/C17H11NO2S3/c19-15(20)8-13-16(11-5-6-21-9-11)18-17(23-13)14-7-10-3-1-2-4-12(10)22-14/h1-7,9H,8H2,(H,19,20). The van der Waals surface area contributed by atoms with Crippen LogP contribution in [0.25, 0.3) is 31.2 Å². The summed E-state index contributed by atoms with van der Waals surface area (Å²) in [7, 11) is 0. The van der Waals surface area contributed by atoms with Crippen molar-refractivity contribution in [1.29, 1.82) is 0 Å². The first-order valence-electron chi connectivity index (χ1n) is 6.94. The Kier molecular flexibility index (Phi) is 3.72. The van der Waals surface area contributed by atoms with Gasteiger partial charge in [-0.1, -0.05) is 18.2 Å². The van der Waals surface area contributed by atoms with Gasteiger partial charge in [0.15, 0.2) is 0 Å². The van der Waals surface area contributed by atoms with E-state index in [9.17, 15) is 4.79 Å². The van der Waals surface area contributed by atoms with Crippen LogP contribution in [0.1, 0.15) is 4.88 Å². The number of rotatable bonds is 4. The molecule has 3 heterocycles. The number of nitrogens with zero attached hydrogens (tertiary/aromatic N) is 1. The van der Waals surface area contributed by atoms with Gasteiger partial charge < -0.3 is 5.11 Å². The summed E-state index contributed by atoms with van der Waals surface area (Å²) in [4.78, 5) is 17.8. The van der Waals surface area contributed by atoms with Crippen molar-refractivity contribution in [2.75, 3.05) is 0 Å². The lowest BCUT2D eigenvalue weighted by Crippen LogP contribution is -1.99. The average Bonchev–Trinajstić information content (AvgIpc) is 3.25. The van der Waals surface area contributed by atoms with Crippen molar-refractivity contribution in [3.8, 4) is 21.1 Å². The molecule has 4 rings (SSSR count).